The third-order valence-electron chi connectivity index (χ3n) is 7.01. The van der Waals surface area contributed by atoms with Crippen LogP contribution in [0.3, 0.4) is 0 Å². The first-order chi connectivity index (χ1) is 18.0. The van der Waals surface area contributed by atoms with Crippen LogP contribution in [0, 0.1) is 5.41 Å². The first-order valence-electron chi connectivity index (χ1n) is 12.5. The topological polar surface area (TPSA) is 128 Å². The molecular formula is C26H30ClN5O5. The molecule has 0 saturated carbocycles. The van der Waals surface area contributed by atoms with Gasteiger partial charge in [0.1, 0.15) is 12.4 Å². The van der Waals surface area contributed by atoms with Crippen molar-refractivity contribution in [2.75, 3.05) is 38.3 Å². The number of carbonyl (C=O) groups is 2. The number of halogens is 1. The zero-order chi connectivity index (χ0) is 25.8. The van der Waals surface area contributed by atoms with E-state index in [0.29, 0.717) is 50.1 Å². The molecular weight excluding hydrogens is 498 g/mol. The van der Waals surface area contributed by atoms with Crippen molar-refractivity contribution in [3.8, 4) is 5.75 Å². The summed E-state index contributed by atoms with van der Waals surface area (Å²) in [5.74, 6) is 0.624. The summed E-state index contributed by atoms with van der Waals surface area (Å²) in [6.45, 7) is 1.48. The predicted octanol–water partition coefficient (Wildman–Crippen LogP) is 3.09. The minimum Gasteiger partial charge on any atom is -0.491 e. The van der Waals surface area contributed by atoms with Gasteiger partial charge < -0.3 is 25.2 Å². The number of fused-ring (bicyclic) bond motifs is 1. The van der Waals surface area contributed by atoms with E-state index in [-0.39, 0.29) is 48.1 Å². The molecule has 1 atom stereocenters. The lowest BCUT2D eigenvalue weighted by molar-refractivity contribution is -0.0146. The van der Waals surface area contributed by atoms with Crippen molar-refractivity contribution in [1.82, 2.24) is 20.1 Å². The van der Waals surface area contributed by atoms with Crippen LogP contribution < -0.4 is 15.4 Å². The molecule has 11 heteroatoms. The summed E-state index contributed by atoms with van der Waals surface area (Å²) in [6.07, 6.45) is 9.47. The van der Waals surface area contributed by atoms with E-state index in [2.05, 4.69) is 32.9 Å². The second-order valence-electron chi connectivity index (χ2n) is 9.63. The standard InChI is InChI=1S/C26H30ClN5O5/c27-19-7-4-8-20(22(19)24(35)28-15-26(16-33)9-11-36-12-10-26)37-14-18-13-21(34)32-25(29-18)30-23(31-32)17-5-2-1-3-6-17/h2,4-8,18,33H,1,3,9-16H2,(H,28,35)(H,29,30,31). The number of hydrogen-bond donors (Lipinski definition) is 3. The quantitative estimate of drug-likeness (QED) is 0.478. The monoisotopic (exact) mass is 527 g/mol. The molecule has 0 spiro atoms. The summed E-state index contributed by atoms with van der Waals surface area (Å²) in [4.78, 5) is 30.4. The third kappa shape index (κ3) is 5.56. The first kappa shape index (κ1) is 25.4. The van der Waals surface area contributed by atoms with Crippen molar-refractivity contribution >= 4 is 34.9 Å². The molecule has 1 aliphatic carbocycles. The number of anilines is 1. The van der Waals surface area contributed by atoms with Crippen LogP contribution in [0.5, 0.6) is 5.75 Å². The summed E-state index contributed by atoms with van der Waals surface area (Å²) in [5.41, 5.74) is 0.697. The highest BCUT2D eigenvalue weighted by Crippen LogP contribution is 2.31. The van der Waals surface area contributed by atoms with E-state index in [1.54, 1.807) is 18.2 Å². The Morgan fingerprint density at radius 2 is 2.16 bits per heavy atom. The molecule has 1 saturated heterocycles. The molecule has 1 aromatic carbocycles. The molecule has 10 nitrogen and oxygen atoms in total. The second kappa shape index (κ2) is 11.0. The van der Waals surface area contributed by atoms with E-state index in [9.17, 15) is 14.7 Å². The molecule has 37 heavy (non-hydrogen) atoms. The first-order valence-corrected chi connectivity index (χ1v) is 12.9. The summed E-state index contributed by atoms with van der Waals surface area (Å²) < 4.78 is 12.7. The number of aromatic nitrogens is 3. The molecule has 3 aliphatic rings. The van der Waals surface area contributed by atoms with Gasteiger partial charge in [0.15, 0.2) is 5.82 Å². The molecule has 3 N–H and O–H groups in total. The number of aliphatic hydroxyl groups excluding tert-OH is 1. The third-order valence-corrected chi connectivity index (χ3v) is 7.32. The Kier molecular flexibility index (Phi) is 7.59. The normalized spacial score (nSPS) is 20.5. The lowest BCUT2D eigenvalue weighted by Gasteiger charge is -2.35. The number of hydrogen-bond acceptors (Lipinski definition) is 8. The molecule has 2 aliphatic heterocycles. The van der Waals surface area contributed by atoms with Gasteiger partial charge >= 0.3 is 0 Å². The fraction of sp³-hybridized carbons (Fsp3) is 0.462. The molecule has 0 bridgehead atoms. The number of aliphatic hydroxyl groups is 1. The van der Waals surface area contributed by atoms with Gasteiger partial charge in [0.2, 0.25) is 5.95 Å². The highest BCUT2D eigenvalue weighted by molar-refractivity contribution is 6.34. The lowest BCUT2D eigenvalue weighted by Crippen LogP contribution is -2.44. The molecule has 5 rings (SSSR count). The molecule has 1 fully saturated rings. The maximum atomic E-state index is 13.1. The highest BCUT2D eigenvalue weighted by Gasteiger charge is 2.33. The number of ether oxygens (including phenoxy) is 2. The van der Waals surface area contributed by atoms with Gasteiger partial charge in [-0.1, -0.05) is 35.9 Å². The Morgan fingerprint density at radius 1 is 1.32 bits per heavy atom. The van der Waals surface area contributed by atoms with Crippen LogP contribution in [0.15, 0.2) is 36.4 Å². The van der Waals surface area contributed by atoms with Gasteiger partial charge in [0.25, 0.3) is 11.8 Å². The summed E-state index contributed by atoms with van der Waals surface area (Å²) in [7, 11) is 0. The molecule has 196 valence electrons. The summed E-state index contributed by atoms with van der Waals surface area (Å²) >= 11 is 6.39. The van der Waals surface area contributed by atoms with Crippen LogP contribution in [0.25, 0.3) is 5.57 Å². The van der Waals surface area contributed by atoms with E-state index in [1.165, 1.54) is 4.68 Å². The van der Waals surface area contributed by atoms with Crippen LogP contribution >= 0.6 is 11.6 Å². The molecule has 1 aromatic heterocycles. The van der Waals surface area contributed by atoms with Crippen LogP contribution in [0.1, 0.15) is 53.1 Å². The van der Waals surface area contributed by atoms with Crippen LogP contribution in [0.2, 0.25) is 5.02 Å². The van der Waals surface area contributed by atoms with Gasteiger partial charge in [0, 0.05) is 30.7 Å². The Balaban J connectivity index is 1.25. The van der Waals surface area contributed by atoms with Crippen LogP contribution in [-0.4, -0.2) is 70.7 Å². The second-order valence-corrected chi connectivity index (χ2v) is 10.0. The van der Waals surface area contributed by atoms with Crippen molar-refractivity contribution in [2.24, 2.45) is 5.41 Å². The predicted molar refractivity (Wildman–Crippen MR) is 138 cm³/mol. The number of carbonyl (C=O) groups excluding carboxylic acids is 2. The van der Waals surface area contributed by atoms with Gasteiger partial charge in [0.05, 0.1) is 29.7 Å². The van der Waals surface area contributed by atoms with Crippen molar-refractivity contribution in [1.29, 1.82) is 0 Å². The van der Waals surface area contributed by atoms with Gasteiger partial charge in [-0.25, -0.2) is 0 Å². The zero-order valence-electron chi connectivity index (χ0n) is 20.4. The van der Waals surface area contributed by atoms with Crippen molar-refractivity contribution in [2.45, 2.75) is 38.1 Å². The molecule has 3 heterocycles. The number of allylic oxidation sites excluding steroid dienone is 4. The van der Waals surface area contributed by atoms with Gasteiger partial charge in [-0.15, -0.1) is 5.10 Å². The Hall–Kier alpha value is -3.21. The summed E-state index contributed by atoms with van der Waals surface area (Å²) in [6, 6.07) is 4.64. The number of rotatable bonds is 8. The fourth-order valence-corrected chi connectivity index (χ4v) is 4.95. The molecule has 2 aromatic rings. The lowest BCUT2D eigenvalue weighted by atomic mass is 9.81. The van der Waals surface area contributed by atoms with Crippen LogP contribution in [0.4, 0.5) is 5.95 Å². The van der Waals surface area contributed by atoms with Crippen molar-refractivity contribution < 1.29 is 24.2 Å². The summed E-state index contributed by atoms with van der Waals surface area (Å²) in [5, 5.41) is 20.7. The van der Waals surface area contributed by atoms with E-state index in [4.69, 9.17) is 21.1 Å². The maximum Gasteiger partial charge on any atom is 0.256 e. The minimum atomic E-state index is -0.416. The number of nitrogens with zero attached hydrogens (tertiary/aromatic N) is 3. The molecule has 0 radical (unpaired) electrons. The number of nitrogens with one attached hydrogen (secondary N) is 2. The number of benzene rings is 1. The highest BCUT2D eigenvalue weighted by atomic mass is 35.5. The van der Waals surface area contributed by atoms with Crippen molar-refractivity contribution in [3.63, 3.8) is 0 Å². The SMILES string of the molecule is O=C(NCC1(CO)CCOCC1)c1c(Cl)cccc1OCC1CC(=O)n2nc(C3=CCCC=C3)nc2N1. The van der Waals surface area contributed by atoms with E-state index < -0.39 is 5.41 Å². The zero-order valence-corrected chi connectivity index (χ0v) is 21.2. The smallest absolute Gasteiger partial charge is 0.256 e. The maximum absolute atomic E-state index is 13.1. The molecule has 1 unspecified atom stereocenters. The van der Waals surface area contributed by atoms with Crippen molar-refractivity contribution in [3.05, 3.63) is 52.8 Å². The van der Waals surface area contributed by atoms with E-state index >= 15 is 0 Å². The van der Waals surface area contributed by atoms with Gasteiger partial charge in [-0.2, -0.15) is 9.67 Å². The van der Waals surface area contributed by atoms with Gasteiger partial charge in [-0.05, 0) is 37.8 Å². The Bertz CT molecular complexity index is 1230. The largest absolute Gasteiger partial charge is 0.491 e. The fourth-order valence-electron chi connectivity index (χ4n) is 4.70. The average Bonchev–Trinajstić information content (AvgIpc) is 3.37. The number of amides is 1. The van der Waals surface area contributed by atoms with Gasteiger partial charge in [-0.3, -0.25) is 9.59 Å². The van der Waals surface area contributed by atoms with E-state index in [1.807, 2.05) is 6.08 Å². The Labute approximate surface area is 219 Å². The van der Waals surface area contributed by atoms with Crippen LogP contribution in [-0.2, 0) is 4.74 Å². The minimum absolute atomic E-state index is 0.0379. The average molecular weight is 528 g/mol. The Morgan fingerprint density at radius 3 is 2.92 bits per heavy atom. The van der Waals surface area contributed by atoms with E-state index in [0.717, 1.165) is 18.4 Å². The molecule has 1 amide bonds.